The van der Waals surface area contributed by atoms with E-state index in [9.17, 15) is 24.3 Å². The van der Waals surface area contributed by atoms with Crippen LogP contribution in [0, 0.1) is 0 Å². The van der Waals surface area contributed by atoms with E-state index in [-0.39, 0.29) is 38.1 Å². The quantitative estimate of drug-likeness (QED) is 0.229. The van der Waals surface area contributed by atoms with Gasteiger partial charge in [0.15, 0.2) is 0 Å². The SMILES string of the molecule is CC.CCC(=O)CCC(C(=O)O)N1CCN(CC)CCN(CC(N)=O)CCN(CC(N)=O)CC1.NC=O. The van der Waals surface area contributed by atoms with Crippen LogP contribution < -0.4 is 17.2 Å². The number of hydrogen-bond acceptors (Lipinski definition) is 9. The Labute approximate surface area is 221 Å². The molecule has 216 valence electrons. The van der Waals surface area contributed by atoms with E-state index in [0.717, 1.165) is 6.54 Å². The predicted molar refractivity (Wildman–Crippen MR) is 143 cm³/mol. The molecular weight excluding hydrogens is 482 g/mol. The highest BCUT2D eigenvalue weighted by atomic mass is 16.4. The zero-order valence-corrected chi connectivity index (χ0v) is 23.1. The number of carboxylic acid groups (broad SMARTS) is 1. The summed E-state index contributed by atoms with van der Waals surface area (Å²) in [5, 5.41) is 9.85. The highest BCUT2D eigenvalue weighted by Gasteiger charge is 2.27. The average Bonchev–Trinajstić information content (AvgIpc) is 2.84. The van der Waals surface area contributed by atoms with Crippen LogP contribution in [0.4, 0.5) is 0 Å². The molecule has 0 aromatic carbocycles. The van der Waals surface area contributed by atoms with E-state index in [2.05, 4.69) is 10.6 Å². The maximum absolute atomic E-state index is 12.0. The van der Waals surface area contributed by atoms with Crippen LogP contribution in [0.5, 0.6) is 0 Å². The summed E-state index contributed by atoms with van der Waals surface area (Å²) in [4.78, 5) is 63.4. The van der Waals surface area contributed by atoms with Crippen molar-refractivity contribution in [1.29, 1.82) is 0 Å². The first kappa shape index (κ1) is 36.5. The predicted octanol–water partition coefficient (Wildman–Crippen LogP) is -1.46. The molecule has 37 heavy (non-hydrogen) atoms. The van der Waals surface area contributed by atoms with Crippen molar-refractivity contribution in [2.45, 2.75) is 53.0 Å². The molecule has 7 N–H and O–H groups in total. The number of likely N-dealkylation sites (N-methyl/N-ethyl adjacent to an activating group) is 1. The van der Waals surface area contributed by atoms with Crippen molar-refractivity contribution in [2.24, 2.45) is 17.2 Å². The van der Waals surface area contributed by atoms with Crippen molar-refractivity contribution in [3.63, 3.8) is 0 Å². The maximum atomic E-state index is 12.0. The van der Waals surface area contributed by atoms with E-state index in [0.29, 0.717) is 58.8 Å². The number of rotatable bonds is 11. The van der Waals surface area contributed by atoms with Crippen molar-refractivity contribution in [3.05, 3.63) is 0 Å². The Morgan fingerprint density at radius 1 is 0.811 bits per heavy atom. The number of nitrogens with two attached hydrogens (primary N) is 3. The molecule has 0 radical (unpaired) electrons. The largest absolute Gasteiger partial charge is 0.480 e. The zero-order valence-electron chi connectivity index (χ0n) is 23.1. The molecule has 1 atom stereocenters. The van der Waals surface area contributed by atoms with E-state index in [1.807, 2.05) is 35.5 Å². The molecule has 1 rings (SSSR count). The highest BCUT2D eigenvalue weighted by molar-refractivity contribution is 5.80. The number of carbonyl (C=O) groups is 5. The van der Waals surface area contributed by atoms with E-state index in [4.69, 9.17) is 16.3 Å². The Bertz CT molecular complexity index is 680. The Morgan fingerprint density at radius 2 is 1.19 bits per heavy atom. The van der Waals surface area contributed by atoms with Crippen LogP contribution in [-0.4, -0.2) is 133 Å². The first-order chi connectivity index (χ1) is 17.6. The number of hydrogen-bond donors (Lipinski definition) is 4. The number of carbonyl (C=O) groups excluding carboxylic acids is 4. The molecule has 0 aromatic rings. The summed E-state index contributed by atoms with van der Waals surface area (Å²) >= 11 is 0. The second-order valence-electron chi connectivity index (χ2n) is 8.38. The van der Waals surface area contributed by atoms with Crippen LogP contribution in [0.1, 0.15) is 47.0 Å². The molecule has 1 heterocycles. The number of ketones is 1. The second-order valence-corrected chi connectivity index (χ2v) is 8.38. The maximum Gasteiger partial charge on any atom is 0.320 e. The van der Waals surface area contributed by atoms with Crippen LogP contribution in [0.3, 0.4) is 0 Å². The monoisotopic (exact) mass is 531 g/mol. The van der Waals surface area contributed by atoms with Crippen molar-refractivity contribution in [2.75, 3.05) is 72.0 Å². The molecule has 1 saturated heterocycles. The lowest BCUT2D eigenvalue weighted by molar-refractivity contribution is -0.144. The van der Waals surface area contributed by atoms with E-state index < -0.39 is 23.8 Å². The van der Waals surface area contributed by atoms with Crippen molar-refractivity contribution < 1.29 is 29.1 Å². The van der Waals surface area contributed by atoms with Gasteiger partial charge in [-0.1, -0.05) is 27.7 Å². The van der Waals surface area contributed by atoms with Crippen LogP contribution in [-0.2, 0) is 24.0 Å². The van der Waals surface area contributed by atoms with Crippen molar-refractivity contribution >= 4 is 30.0 Å². The molecule has 13 nitrogen and oxygen atoms in total. The minimum Gasteiger partial charge on any atom is -0.480 e. The summed E-state index contributed by atoms with van der Waals surface area (Å²) in [7, 11) is 0. The summed E-state index contributed by atoms with van der Waals surface area (Å²) in [6.07, 6.45) is 1.13. The average molecular weight is 532 g/mol. The van der Waals surface area contributed by atoms with Gasteiger partial charge in [0.25, 0.3) is 0 Å². The number of Topliss-reactive ketones (excluding diaryl/α,β-unsaturated/α-hetero) is 1. The minimum absolute atomic E-state index is 0.0469. The van der Waals surface area contributed by atoms with E-state index >= 15 is 0 Å². The zero-order chi connectivity index (χ0) is 28.8. The Kier molecular flexibility index (Phi) is 22.3. The van der Waals surface area contributed by atoms with Gasteiger partial charge in [-0.15, -0.1) is 0 Å². The molecule has 1 unspecified atom stereocenters. The van der Waals surface area contributed by atoms with Gasteiger partial charge in [0.1, 0.15) is 11.8 Å². The number of amides is 3. The third-order valence-corrected chi connectivity index (χ3v) is 5.89. The molecule has 0 aliphatic carbocycles. The van der Waals surface area contributed by atoms with Gasteiger partial charge in [-0.05, 0) is 13.0 Å². The summed E-state index contributed by atoms with van der Waals surface area (Å²) in [6, 6.07) is -0.770. The lowest BCUT2D eigenvalue weighted by Crippen LogP contribution is -2.51. The van der Waals surface area contributed by atoms with Gasteiger partial charge in [0.2, 0.25) is 18.2 Å². The molecule has 3 amide bonds. The smallest absolute Gasteiger partial charge is 0.320 e. The van der Waals surface area contributed by atoms with Crippen LogP contribution in [0.2, 0.25) is 0 Å². The van der Waals surface area contributed by atoms with Crippen LogP contribution >= 0.6 is 0 Å². The normalized spacial score (nSPS) is 17.4. The standard InChI is InChI=1S/C21H40N6O5.C2H6.CH3NO/c1-3-17(28)5-6-18(21(31)32)27-13-11-24(4-2)7-8-25(15-19(22)29)9-10-26(12-14-27)16-20(23)30;1-2;2-1-3/h18H,3-16H2,1-2H3,(H2,22,29)(H2,23,30)(H,31,32);1-2H3;1H,(H2,2,3). The third-order valence-electron chi connectivity index (χ3n) is 5.89. The van der Waals surface area contributed by atoms with Gasteiger partial charge < -0.3 is 27.2 Å². The molecule has 0 bridgehead atoms. The Hall–Kier alpha value is -2.61. The molecule has 0 saturated carbocycles. The summed E-state index contributed by atoms with van der Waals surface area (Å²) in [5.74, 6) is -1.77. The van der Waals surface area contributed by atoms with Gasteiger partial charge in [0, 0.05) is 65.2 Å². The van der Waals surface area contributed by atoms with Gasteiger partial charge >= 0.3 is 5.97 Å². The second kappa shape index (κ2) is 22.6. The fraction of sp³-hybridized carbons (Fsp3) is 0.792. The number of aliphatic carboxylic acids is 1. The van der Waals surface area contributed by atoms with Crippen molar-refractivity contribution in [1.82, 2.24) is 19.6 Å². The lowest BCUT2D eigenvalue weighted by Gasteiger charge is -2.35. The highest BCUT2D eigenvalue weighted by Crippen LogP contribution is 2.11. The fourth-order valence-corrected chi connectivity index (χ4v) is 3.87. The summed E-state index contributed by atoms with van der Waals surface area (Å²) < 4.78 is 0. The number of carboxylic acids is 1. The lowest BCUT2D eigenvalue weighted by atomic mass is 10.1. The van der Waals surface area contributed by atoms with Gasteiger partial charge in [0.05, 0.1) is 13.1 Å². The van der Waals surface area contributed by atoms with Gasteiger partial charge in [-0.25, -0.2) is 0 Å². The molecule has 1 aliphatic rings. The van der Waals surface area contributed by atoms with Crippen molar-refractivity contribution in [3.8, 4) is 0 Å². The fourth-order valence-electron chi connectivity index (χ4n) is 3.87. The number of nitrogens with zero attached hydrogens (tertiary/aromatic N) is 4. The van der Waals surface area contributed by atoms with E-state index in [1.165, 1.54) is 0 Å². The molecule has 0 aromatic heterocycles. The molecular formula is C24H49N7O6. The third kappa shape index (κ3) is 18.3. The van der Waals surface area contributed by atoms with Crippen LogP contribution in [0.15, 0.2) is 0 Å². The molecule has 1 fully saturated rings. The first-order valence-electron chi connectivity index (χ1n) is 12.9. The van der Waals surface area contributed by atoms with Gasteiger partial charge in [-0.3, -0.25) is 38.7 Å². The Morgan fingerprint density at radius 3 is 1.54 bits per heavy atom. The minimum atomic E-state index is -0.946. The number of primary amides is 3. The molecule has 1 aliphatic heterocycles. The summed E-state index contributed by atoms with van der Waals surface area (Å²) in [6.45, 7) is 13.2. The van der Waals surface area contributed by atoms with Gasteiger partial charge in [-0.2, -0.15) is 0 Å². The van der Waals surface area contributed by atoms with E-state index in [1.54, 1.807) is 6.92 Å². The molecule has 13 heteroatoms. The van der Waals surface area contributed by atoms with Crippen LogP contribution in [0.25, 0.3) is 0 Å². The summed E-state index contributed by atoms with van der Waals surface area (Å²) in [5.41, 5.74) is 15.0. The topological polar surface area (TPSA) is 197 Å². The first-order valence-corrected chi connectivity index (χ1v) is 12.9. The molecule has 0 spiro atoms. The Balaban J connectivity index is 0.